The van der Waals surface area contributed by atoms with E-state index in [4.69, 9.17) is 13.9 Å². The lowest BCUT2D eigenvalue weighted by atomic mass is 10.0. The molecule has 0 radical (unpaired) electrons. The van der Waals surface area contributed by atoms with Crippen LogP contribution in [0.25, 0.3) is 0 Å². The number of methoxy groups -OCH3 is 2. The predicted octanol–water partition coefficient (Wildman–Crippen LogP) is 2.60. The average Bonchev–Trinajstić information content (AvgIpc) is 3.53. The van der Waals surface area contributed by atoms with Crippen LogP contribution in [0.3, 0.4) is 0 Å². The van der Waals surface area contributed by atoms with Crippen molar-refractivity contribution in [1.29, 1.82) is 0 Å². The van der Waals surface area contributed by atoms with Gasteiger partial charge in [-0.1, -0.05) is 12.1 Å². The van der Waals surface area contributed by atoms with Gasteiger partial charge in [0.1, 0.15) is 29.3 Å². The van der Waals surface area contributed by atoms with Gasteiger partial charge in [-0.2, -0.15) is 0 Å². The van der Waals surface area contributed by atoms with E-state index in [1.54, 1.807) is 67.8 Å². The molecule has 5 amide bonds. The summed E-state index contributed by atoms with van der Waals surface area (Å²) in [4.78, 5) is 52.3. The molecule has 1 aromatic heterocycles. The van der Waals surface area contributed by atoms with E-state index in [2.05, 4.69) is 16.0 Å². The molecule has 0 spiro atoms. The lowest BCUT2D eigenvalue weighted by Crippen LogP contribution is -2.44. The summed E-state index contributed by atoms with van der Waals surface area (Å²) in [5.41, 5.74) is 1.00. The maximum Gasteiger partial charge on any atom is 0.322 e. The lowest BCUT2D eigenvalue weighted by molar-refractivity contribution is -0.141. The smallest absolute Gasteiger partial charge is 0.322 e. The van der Waals surface area contributed by atoms with Gasteiger partial charge in [0.2, 0.25) is 5.91 Å². The van der Waals surface area contributed by atoms with Crippen LogP contribution in [-0.4, -0.2) is 48.9 Å². The number of ether oxygens (including phenoxy) is 2. The highest BCUT2D eigenvalue weighted by Gasteiger charge is 2.37. The first-order valence-corrected chi connectivity index (χ1v) is 11.4. The van der Waals surface area contributed by atoms with Crippen molar-refractivity contribution in [2.24, 2.45) is 0 Å². The van der Waals surface area contributed by atoms with Crippen LogP contribution in [0, 0.1) is 0 Å². The number of carbonyl (C=O) groups is 4. The van der Waals surface area contributed by atoms with Crippen molar-refractivity contribution in [1.82, 2.24) is 15.5 Å². The lowest BCUT2D eigenvalue weighted by Gasteiger charge is -2.31. The van der Waals surface area contributed by atoms with Gasteiger partial charge in [0.05, 0.1) is 33.4 Å². The van der Waals surface area contributed by atoms with Crippen LogP contribution in [0.5, 0.6) is 11.5 Å². The van der Waals surface area contributed by atoms with E-state index in [-0.39, 0.29) is 13.0 Å². The van der Waals surface area contributed by atoms with Gasteiger partial charge >= 0.3 is 6.03 Å². The van der Waals surface area contributed by atoms with Gasteiger partial charge in [-0.25, -0.2) is 4.79 Å². The first-order valence-electron chi connectivity index (χ1n) is 11.4. The Kier molecular flexibility index (Phi) is 7.72. The minimum Gasteiger partial charge on any atom is -0.497 e. The van der Waals surface area contributed by atoms with E-state index in [1.165, 1.54) is 18.3 Å². The van der Waals surface area contributed by atoms with Gasteiger partial charge < -0.3 is 29.4 Å². The van der Waals surface area contributed by atoms with Crippen LogP contribution >= 0.6 is 0 Å². The molecule has 0 bridgehead atoms. The Morgan fingerprint density at radius 2 is 1.65 bits per heavy atom. The molecule has 11 nitrogen and oxygen atoms in total. The number of hydrogen-bond donors (Lipinski definition) is 3. The van der Waals surface area contributed by atoms with Gasteiger partial charge in [0, 0.05) is 5.69 Å². The summed E-state index contributed by atoms with van der Waals surface area (Å²) in [6.07, 6.45) is 1.11. The molecule has 1 saturated heterocycles. The van der Waals surface area contributed by atoms with Crippen molar-refractivity contribution >= 4 is 29.4 Å². The summed E-state index contributed by atoms with van der Waals surface area (Å²) >= 11 is 0. The number of nitrogens with zero attached hydrogens (tertiary/aromatic N) is 1. The van der Waals surface area contributed by atoms with Gasteiger partial charge in [-0.15, -0.1) is 0 Å². The minimum absolute atomic E-state index is 0.0547. The van der Waals surface area contributed by atoms with E-state index in [0.29, 0.717) is 28.5 Å². The molecule has 1 fully saturated rings. The monoisotopic (exact) mass is 506 g/mol. The standard InChI is InChI=1S/C26H26N4O7/c1-35-18-9-5-16(6-10-18)23(25(33)27-17-7-11-19(36-2)12-8-17)30(15-20-4-3-13-37-20)22(31)14-21-24(32)29-26(34)28-21/h3-13,21,23H,14-15H2,1-2H3,(H,27,33)(H2,28,29,32,34)/t21-,23-/m1/s1. The van der Waals surface area contributed by atoms with Crippen LogP contribution < -0.4 is 25.4 Å². The highest BCUT2D eigenvalue weighted by molar-refractivity contribution is 6.06. The molecule has 2 aromatic carbocycles. The van der Waals surface area contributed by atoms with E-state index < -0.39 is 35.8 Å². The van der Waals surface area contributed by atoms with E-state index in [1.807, 2.05) is 0 Å². The Morgan fingerprint density at radius 1 is 1.00 bits per heavy atom. The fraction of sp³-hybridized carbons (Fsp3) is 0.231. The zero-order valence-corrected chi connectivity index (χ0v) is 20.2. The summed E-state index contributed by atoms with van der Waals surface area (Å²) in [6.45, 7) is -0.0547. The normalized spacial score (nSPS) is 15.4. The van der Waals surface area contributed by atoms with Gasteiger partial charge in [-0.3, -0.25) is 19.7 Å². The molecule has 1 aliphatic rings. The van der Waals surface area contributed by atoms with Crippen molar-refractivity contribution in [2.45, 2.75) is 25.0 Å². The first-order chi connectivity index (χ1) is 17.9. The fourth-order valence-corrected chi connectivity index (χ4v) is 3.93. The van der Waals surface area contributed by atoms with Crippen LogP contribution in [0.15, 0.2) is 71.3 Å². The molecule has 2 heterocycles. The SMILES string of the molecule is COc1ccc(NC(=O)[C@@H](c2ccc(OC)cc2)N(Cc2ccco2)C(=O)C[C@H]2NC(=O)NC2=O)cc1. The Balaban J connectivity index is 1.69. The third-order valence-corrected chi connectivity index (χ3v) is 5.81. The molecule has 4 rings (SSSR count). The molecule has 1 aliphatic heterocycles. The maximum absolute atomic E-state index is 13.7. The Labute approximate surface area is 212 Å². The van der Waals surface area contributed by atoms with Gasteiger partial charge in [-0.05, 0) is 54.1 Å². The van der Waals surface area contributed by atoms with Crippen molar-refractivity contribution in [3.63, 3.8) is 0 Å². The Hall–Kier alpha value is -4.80. The molecule has 37 heavy (non-hydrogen) atoms. The van der Waals surface area contributed by atoms with Gasteiger partial charge in [0.25, 0.3) is 11.8 Å². The number of imide groups is 1. The van der Waals surface area contributed by atoms with Crippen LogP contribution in [0.1, 0.15) is 23.8 Å². The minimum atomic E-state index is -1.11. The molecular formula is C26H26N4O7. The second kappa shape index (κ2) is 11.3. The number of urea groups is 1. The largest absolute Gasteiger partial charge is 0.497 e. The summed E-state index contributed by atoms with van der Waals surface area (Å²) < 4.78 is 15.9. The number of hydrogen-bond acceptors (Lipinski definition) is 7. The number of nitrogens with one attached hydrogen (secondary N) is 3. The molecule has 192 valence electrons. The Bertz CT molecular complexity index is 1260. The third-order valence-electron chi connectivity index (χ3n) is 5.81. The quantitative estimate of drug-likeness (QED) is 0.359. The fourth-order valence-electron chi connectivity index (χ4n) is 3.93. The molecule has 3 aromatic rings. The van der Waals surface area contributed by atoms with Crippen molar-refractivity contribution in [2.75, 3.05) is 19.5 Å². The van der Waals surface area contributed by atoms with Crippen LogP contribution in [0.2, 0.25) is 0 Å². The highest BCUT2D eigenvalue weighted by atomic mass is 16.5. The van der Waals surface area contributed by atoms with E-state index in [0.717, 1.165) is 0 Å². The highest BCUT2D eigenvalue weighted by Crippen LogP contribution is 2.28. The number of furan rings is 1. The number of benzene rings is 2. The summed E-state index contributed by atoms with van der Waals surface area (Å²) in [5, 5.41) is 7.38. The van der Waals surface area contributed by atoms with Crippen LogP contribution in [-0.2, 0) is 20.9 Å². The summed E-state index contributed by atoms with van der Waals surface area (Å²) in [7, 11) is 3.06. The first kappa shape index (κ1) is 25.3. The van der Waals surface area contributed by atoms with Crippen molar-refractivity contribution < 1.29 is 33.1 Å². The number of rotatable bonds is 10. The zero-order chi connectivity index (χ0) is 26.4. The zero-order valence-electron chi connectivity index (χ0n) is 20.2. The van der Waals surface area contributed by atoms with Crippen molar-refractivity contribution in [3.8, 4) is 11.5 Å². The second-order valence-corrected chi connectivity index (χ2v) is 8.21. The predicted molar refractivity (Wildman–Crippen MR) is 132 cm³/mol. The van der Waals surface area contributed by atoms with Crippen LogP contribution in [0.4, 0.5) is 10.5 Å². The second-order valence-electron chi connectivity index (χ2n) is 8.21. The molecule has 2 atom stereocenters. The molecule has 3 N–H and O–H groups in total. The molecule has 11 heteroatoms. The van der Waals surface area contributed by atoms with Crippen molar-refractivity contribution in [3.05, 3.63) is 78.3 Å². The summed E-state index contributed by atoms with van der Waals surface area (Å²) in [6, 6.07) is 14.0. The summed E-state index contributed by atoms with van der Waals surface area (Å²) in [5.74, 6) is -0.00729. The number of carbonyl (C=O) groups excluding carboxylic acids is 4. The molecule has 0 unspecified atom stereocenters. The maximum atomic E-state index is 13.7. The van der Waals surface area contributed by atoms with Gasteiger partial charge in [0.15, 0.2) is 0 Å². The number of amides is 5. The van der Waals surface area contributed by atoms with E-state index >= 15 is 0 Å². The third kappa shape index (κ3) is 6.07. The molecular weight excluding hydrogens is 480 g/mol. The average molecular weight is 507 g/mol. The topological polar surface area (TPSA) is 139 Å². The molecule has 0 aliphatic carbocycles. The Morgan fingerprint density at radius 3 is 2.19 bits per heavy atom. The van der Waals surface area contributed by atoms with E-state index in [9.17, 15) is 19.2 Å². The number of anilines is 1. The molecule has 0 saturated carbocycles.